The molecule has 0 aromatic carbocycles. The van der Waals surface area contributed by atoms with Crippen molar-refractivity contribution in [2.75, 3.05) is 6.61 Å². The van der Waals surface area contributed by atoms with E-state index in [1.807, 2.05) is 0 Å². The van der Waals surface area contributed by atoms with E-state index < -0.39 is 0 Å². The number of rotatable bonds is 1. The van der Waals surface area contributed by atoms with Crippen LogP contribution in [0.2, 0.25) is 0 Å². The molecule has 148 valence electrons. The van der Waals surface area contributed by atoms with Gasteiger partial charge in [-0.15, -0.1) is 0 Å². The molecule has 4 aliphatic carbocycles. The fourth-order valence-corrected chi connectivity index (χ4v) is 8.95. The zero-order valence-corrected chi connectivity index (χ0v) is 16.6. The second-order valence-electron chi connectivity index (χ2n) is 10.9. The highest BCUT2D eigenvalue weighted by Crippen LogP contribution is 2.81. The number of carbonyl (C=O) groups excluding carboxylic acids is 1. The Hall–Kier alpha value is -0.870. The van der Waals surface area contributed by atoms with E-state index in [9.17, 15) is 9.90 Å². The number of epoxide rings is 1. The van der Waals surface area contributed by atoms with Crippen molar-refractivity contribution in [1.29, 1.82) is 0 Å². The maximum Gasteiger partial charge on any atom is 0.331 e. The molecule has 8 atom stereocenters. The van der Waals surface area contributed by atoms with Crippen LogP contribution in [0, 0.1) is 28.6 Å². The van der Waals surface area contributed by atoms with Gasteiger partial charge >= 0.3 is 5.97 Å². The first-order valence-electron chi connectivity index (χ1n) is 11.1. The van der Waals surface area contributed by atoms with Crippen molar-refractivity contribution in [3.8, 4) is 0 Å². The van der Waals surface area contributed by atoms with E-state index in [0.29, 0.717) is 29.8 Å². The van der Waals surface area contributed by atoms with Crippen LogP contribution in [0.15, 0.2) is 11.6 Å². The van der Waals surface area contributed by atoms with E-state index in [1.54, 1.807) is 6.08 Å². The summed E-state index contributed by atoms with van der Waals surface area (Å²) in [7, 11) is 0. The monoisotopic (exact) mass is 372 g/mol. The van der Waals surface area contributed by atoms with Crippen LogP contribution < -0.4 is 0 Å². The van der Waals surface area contributed by atoms with Crippen LogP contribution >= 0.6 is 0 Å². The van der Waals surface area contributed by atoms with Crippen molar-refractivity contribution in [2.45, 2.75) is 88.9 Å². The fraction of sp³-hybridized carbons (Fsp3) is 0.870. The predicted molar refractivity (Wildman–Crippen MR) is 99.8 cm³/mol. The molecule has 1 unspecified atom stereocenters. The number of ether oxygens (including phenoxy) is 2. The molecule has 0 radical (unpaired) electrons. The average Bonchev–Trinajstić information content (AvgIpc) is 2.94. The molecule has 2 spiro atoms. The standard InChI is InChI=1S/C23H32O4/c1-20-7-4-16(24)12-15(20)3-9-22-18(20)6-8-21(2)17(5-10-23(21,22)27-22)14-11-19(25)26-13-14/h11,15-18,24H,3-10,12-13H2,1-2H3/t15-,16+,17-,18-,20+,21-,22?,23-/m1/s1. The average molecular weight is 373 g/mol. The fourth-order valence-electron chi connectivity index (χ4n) is 8.95. The molecule has 2 aliphatic heterocycles. The van der Waals surface area contributed by atoms with E-state index in [4.69, 9.17) is 9.47 Å². The van der Waals surface area contributed by atoms with Gasteiger partial charge in [0.05, 0.1) is 6.10 Å². The first kappa shape index (κ1) is 17.0. The van der Waals surface area contributed by atoms with Crippen molar-refractivity contribution < 1.29 is 19.4 Å². The summed E-state index contributed by atoms with van der Waals surface area (Å²) in [5, 5.41) is 10.2. The Bertz CT molecular complexity index is 745. The predicted octanol–water partition coefficient (Wildman–Crippen LogP) is 3.76. The topological polar surface area (TPSA) is 59.1 Å². The highest BCUT2D eigenvalue weighted by atomic mass is 16.6. The summed E-state index contributed by atoms with van der Waals surface area (Å²) in [5.41, 5.74) is 1.76. The Morgan fingerprint density at radius 3 is 2.70 bits per heavy atom. The van der Waals surface area contributed by atoms with Crippen LogP contribution in [0.1, 0.15) is 71.6 Å². The van der Waals surface area contributed by atoms with Gasteiger partial charge in [0.1, 0.15) is 17.8 Å². The molecule has 27 heavy (non-hydrogen) atoms. The number of carbonyl (C=O) groups is 1. The molecule has 1 N–H and O–H groups in total. The Labute approximate surface area is 161 Å². The smallest absolute Gasteiger partial charge is 0.331 e. The first-order valence-corrected chi connectivity index (χ1v) is 11.1. The zero-order chi connectivity index (χ0) is 18.7. The molecular formula is C23H32O4. The van der Waals surface area contributed by atoms with Gasteiger partial charge in [-0.05, 0) is 86.5 Å². The summed E-state index contributed by atoms with van der Waals surface area (Å²) in [5.74, 6) is 1.56. The first-order chi connectivity index (χ1) is 12.8. The van der Waals surface area contributed by atoms with Crippen LogP contribution in [0.25, 0.3) is 0 Å². The van der Waals surface area contributed by atoms with E-state index in [0.717, 1.165) is 32.1 Å². The van der Waals surface area contributed by atoms with Gasteiger partial charge in [0.15, 0.2) is 0 Å². The Kier molecular flexibility index (Phi) is 3.15. The van der Waals surface area contributed by atoms with E-state index in [2.05, 4.69) is 13.8 Å². The largest absolute Gasteiger partial charge is 0.458 e. The summed E-state index contributed by atoms with van der Waals surface area (Å²) < 4.78 is 12.2. The molecule has 4 saturated carbocycles. The molecule has 6 aliphatic rings. The number of aliphatic hydroxyl groups is 1. The van der Waals surface area contributed by atoms with Crippen LogP contribution in [-0.4, -0.2) is 35.0 Å². The maximum atomic E-state index is 11.7. The summed E-state index contributed by atoms with van der Waals surface area (Å²) in [6.07, 6.45) is 11.8. The van der Waals surface area contributed by atoms with Crippen molar-refractivity contribution in [2.24, 2.45) is 28.6 Å². The van der Waals surface area contributed by atoms with Crippen molar-refractivity contribution in [3.63, 3.8) is 0 Å². The number of hydrogen-bond donors (Lipinski definition) is 1. The van der Waals surface area contributed by atoms with E-state index in [-0.39, 0.29) is 28.7 Å². The summed E-state index contributed by atoms with van der Waals surface area (Å²) in [6, 6.07) is 0. The molecule has 6 rings (SSSR count). The number of cyclic esters (lactones) is 1. The number of fused-ring (bicyclic) bond motifs is 2. The molecular weight excluding hydrogens is 340 g/mol. The van der Waals surface area contributed by atoms with Gasteiger partial charge in [-0.1, -0.05) is 13.8 Å². The molecule has 1 saturated heterocycles. The van der Waals surface area contributed by atoms with Gasteiger partial charge in [-0.3, -0.25) is 0 Å². The van der Waals surface area contributed by atoms with E-state index >= 15 is 0 Å². The highest BCUT2D eigenvalue weighted by molar-refractivity contribution is 5.85. The molecule has 2 heterocycles. The molecule has 0 aromatic rings. The van der Waals surface area contributed by atoms with Gasteiger partial charge in [-0.25, -0.2) is 4.79 Å². The van der Waals surface area contributed by atoms with Crippen molar-refractivity contribution in [1.82, 2.24) is 0 Å². The SMILES string of the molecule is C[C@]12CC[C@H](O)C[C@H]1CCC13O[C@@]14CC[C@H](C1=CC(=O)OC1)[C@@]4(C)CC[C@@H]32. The lowest BCUT2D eigenvalue weighted by Gasteiger charge is -2.58. The number of hydrogen-bond acceptors (Lipinski definition) is 4. The quantitative estimate of drug-likeness (QED) is 0.562. The number of aliphatic hydroxyl groups excluding tert-OH is 1. The second kappa shape index (κ2) is 4.99. The minimum Gasteiger partial charge on any atom is -0.458 e. The Morgan fingerprint density at radius 1 is 1.07 bits per heavy atom. The van der Waals surface area contributed by atoms with Crippen LogP contribution in [-0.2, 0) is 14.3 Å². The Balaban J connectivity index is 1.36. The third-order valence-electron chi connectivity index (χ3n) is 10.3. The van der Waals surface area contributed by atoms with Crippen LogP contribution in [0.5, 0.6) is 0 Å². The zero-order valence-electron chi connectivity index (χ0n) is 16.6. The van der Waals surface area contributed by atoms with Crippen molar-refractivity contribution >= 4 is 5.97 Å². The van der Waals surface area contributed by atoms with Crippen molar-refractivity contribution in [3.05, 3.63) is 11.6 Å². The van der Waals surface area contributed by atoms with Gasteiger partial charge in [0.25, 0.3) is 0 Å². The van der Waals surface area contributed by atoms with Crippen LogP contribution in [0.4, 0.5) is 0 Å². The van der Waals surface area contributed by atoms with Crippen LogP contribution in [0.3, 0.4) is 0 Å². The van der Waals surface area contributed by atoms with Gasteiger partial charge < -0.3 is 14.6 Å². The maximum absolute atomic E-state index is 11.7. The Morgan fingerprint density at radius 2 is 1.93 bits per heavy atom. The highest BCUT2D eigenvalue weighted by Gasteiger charge is 2.86. The molecule has 4 nitrogen and oxygen atoms in total. The normalized spacial score (nSPS) is 58.5. The lowest BCUT2D eigenvalue weighted by Crippen LogP contribution is -2.58. The minimum atomic E-state index is -0.163. The summed E-state index contributed by atoms with van der Waals surface area (Å²) in [4.78, 5) is 11.7. The third-order valence-corrected chi connectivity index (χ3v) is 10.3. The minimum absolute atomic E-state index is 0.0180. The van der Waals surface area contributed by atoms with Gasteiger partial charge in [-0.2, -0.15) is 0 Å². The van der Waals surface area contributed by atoms with E-state index in [1.165, 1.54) is 31.3 Å². The lowest BCUT2D eigenvalue weighted by atomic mass is 9.44. The molecule has 4 heteroatoms. The third kappa shape index (κ3) is 1.81. The molecule has 0 aromatic heterocycles. The number of esters is 1. The second-order valence-corrected chi connectivity index (χ2v) is 10.9. The molecule has 5 fully saturated rings. The summed E-state index contributed by atoms with van der Waals surface area (Å²) in [6.45, 7) is 5.44. The van der Waals surface area contributed by atoms with Gasteiger partial charge in [0.2, 0.25) is 0 Å². The lowest BCUT2D eigenvalue weighted by molar-refractivity contribution is -0.135. The molecule has 0 amide bonds. The summed E-state index contributed by atoms with van der Waals surface area (Å²) >= 11 is 0. The molecule has 0 bridgehead atoms. The van der Waals surface area contributed by atoms with Gasteiger partial charge in [0, 0.05) is 11.5 Å².